The Morgan fingerprint density at radius 1 is 1.35 bits per heavy atom. The SMILES string of the molecule is CNCCC(O)CC(=O)OCC(C)(C)C(=O)C(=O)N1CCCC[C@H]1C=O. The van der Waals surface area contributed by atoms with Crippen LogP contribution in [0.3, 0.4) is 0 Å². The van der Waals surface area contributed by atoms with Crippen LogP contribution in [-0.4, -0.2) is 72.8 Å². The zero-order chi connectivity index (χ0) is 19.7. The fraction of sp³-hybridized carbons (Fsp3) is 0.778. The van der Waals surface area contributed by atoms with Gasteiger partial charge in [-0.1, -0.05) is 0 Å². The number of carbonyl (C=O) groups excluding carboxylic acids is 4. The number of Topliss-reactive ketones (excluding diaryl/α,β-unsaturated/α-hetero) is 1. The Balaban J connectivity index is 2.57. The minimum atomic E-state index is -1.20. The molecule has 0 radical (unpaired) electrons. The van der Waals surface area contributed by atoms with Crippen LogP contribution >= 0.6 is 0 Å². The molecule has 8 nitrogen and oxygen atoms in total. The van der Waals surface area contributed by atoms with Gasteiger partial charge in [0.05, 0.1) is 24.0 Å². The van der Waals surface area contributed by atoms with E-state index in [4.69, 9.17) is 4.74 Å². The van der Waals surface area contributed by atoms with E-state index in [2.05, 4.69) is 5.32 Å². The lowest BCUT2D eigenvalue weighted by Crippen LogP contribution is -2.51. The number of amides is 1. The molecular weight excluding hydrogens is 340 g/mol. The van der Waals surface area contributed by atoms with Crippen LogP contribution in [-0.2, 0) is 23.9 Å². The van der Waals surface area contributed by atoms with Crippen molar-refractivity contribution in [2.75, 3.05) is 26.7 Å². The van der Waals surface area contributed by atoms with E-state index >= 15 is 0 Å². The smallest absolute Gasteiger partial charge is 0.308 e. The van der Waals surface area contributed by atoms with Gasteiger partial charge in [-0.2, -0.15) is 0 Å². The van der Waals surface area contributed by atoms with E-state index in [1.807, 2.05) is 0 Å². The van der Waals surface area contributed by atoms with Crippen molar-refractivity contribution in [1.82, 2.24) is 10.2 Å². The topological polar surface area (TPSA) is 113 Å². The highest BCUT2D eigenvalue weighted by Crippen LogP contribution is 2.22. The fourth-order valence-corrected chi connectivity index (χ4v) is 2.76. The zero-order valence-electron chi connectivity index (χ0n) is 15.8. The van der Waals surface area contributed by atoms with Gasteiger partial charge >= 0.3 is 5.97 Å². The number of nitrogens with zero attached hydrogens (tertiary/aromatic N) is 1. The Hall–Kier alpha value is -1.80. The maximum Gasteiger partial charge on any atom is 0.308 e. The molecule has 0 aliphatic carbocycles. The van der Waals surface area contributed by atoms with Gasteiger partial charge in [0.25, 0.3) is 5.91 Å². The number of carbonyl (C=O) groups is 4. The van der Waals surface area contributed by atoms with Gasteiger partial charge in [-0.15, -0.1) is 0 Å². The van der Waals surface area contributed by atoms with Gasteiger partial charge in [-0.3, -0.25) is 14.4 Å². The Labute approximate surface area is 154 Å². The molecule has 2 N–H and O–H groups in total. The van der Waals surface area contributed by atoms with Gasteiger partial charge in [-0.25, -0.2) is 0 Å². The second-order valence-corrected chi connectivity index (χ2v) is 7.32. The number of aliphatic hydroxyl groups excluding tert-OH is 1. The molecule has 1 aliphatic heterocycles. The number of nitrogens with one attached hydrogen (secondary N) is 1. The van der Waals surface area contributed by atoms with Crippen LogP contribution in [0.15, 0.2) is 0 Å². The lowest BCUT2D eigenvalue weighted by Gasteiger charge is -2.34. The highest BCUT2D eigenvalue weighted by molar-refractivity contribution is 6.38. The molecule has 0 spiro atoms. The highest BCUT2D eigenvalue weighted by Gasteiger charge is 2.39. The van der Waals surface area contributed by atoms with E-state index in [0.29, 0.717) is 32.2 Å². The molecule has 26 heavy (non-hydrogen) atoms. The average molecular weight is 370 g/mol. The summed E-state index contributed by atoms with van der Waals surface area (Å²) in [6, 6.07) is -0.569. The van der Waals surface area contributed by atoms with Crippen LogP contribution < -0.4 is 5.32 Å². The summed E-state index contributed by atoms with van der Waals surface area (Å²) in [5.41, 5.74) is -1.20. The summed E-state index contributed by atoms with van der Waals surface area (Å²) in [5, 5.41) is 12.6. The Morgan fingerprint density at radius 2 is 2.04 bits per heavy atom. The number of ether oxygens (including phenoxy) is 1. The summed E-state index contributed by atoms with van der Waals surface area (Å²) in [7, 11) is 1.74. The highest BCUT2D eigenvalue weighted by atomic mass is 16.5. The van der Waals surface area contributed by atoms with Gasteiger partial charge in [0.1, 0.15) is 12.9 Å². The first-order chi connectivity index (χ1) is 12.2. The molecule has 2 atom stereocenters. The van der Waals surface area contributed by atoms with E-state index in [1.165, 1.54) is 18.7 Å². The summed E-state index contributed by atoms with van der Waals surface area (Å²) in [5.74, 6) is -2.02. The summed E-state index contributed by atoms with van der Waals surface area (Å²) >= 11 is 0. The number of hydrogen-bond acceptors (Lipinski definition) is 7. The first-order valence-corrected chi connectivity index (χ1v) is 9.02. The third-order valence-electron chi connectivity index (χ3n) is 4.50. The molecule has 8 heteroatoms. The van der Waals surface area contributed by atoms with Crippen LogP contribution in [0.2, 0.25) is 0 Å². The standard InChI is InChI=1S/C18H30N2O6/c1-18(2,12-26-15(23)10-14(22)7-8-19-3)16(24)17(25)20-9-5-4-6-13(20)11-21/h11,13-14,19,22H,4-10,12H2,1-3H3/t13-,14?/m0/s1. The molecule has 1 fully saturated rings. The van der Waals surface area contributed by atoms with Gasteiger partial charge < -0.3 is 24.9 Å². The van der Waals surface area contributed by atoms with Gasteiger partial charge in [0, 0.05) is 6.54 Å². The molecule has 1 amide bonds. The van der Waals surface area contributed by atoms with Gasteiger partial charge in [-0.05, 0) is 53.1 Å². The number of piperidine rings is 1. The van der Waals surface area contributed by atoms with Crippen LogP contribution in [0, 0.1) is 5.41 Å². The van der Waals surface area contributed by atoms with Crippen molar-refractivity contribution >= 4 is 23.9 Å². The molecule has 1 heterocycles. The van der Waals surface area contributed by atoms with Crippen molar-refractivity contribution in [2.45, 2.75) is 58.1 Å². The molecule has 0 aromatic rings. The van der Waals surface area contributed by atoms with Crippen LogP contribution in [0.1, 0.15) is 46.0 Å². The number of aliphatic hydroxyl groups is 1. The van der Waals surface area contributed by atoms with Gasteiger partial charge in [0.15, 0.2) is 0 Å². The van der Waals surface area contributed by atoms with Crippen molar-refractivity contribution in [3.8, 4) is 0 Å². The maximum atomic E-state index is 12.5. The summed E-state index contributed by atoms with van der Waals surface area (Å²) in [6.45, 7) is 3.74. The number of likely N-dealkylation sites (tertiary alicyclic amines) is 1. The van der Waals surface area contributed by atoms with Crippen LogP contribution in [0.4, 0.5) is 0 Å². The first kappa shape index (κ1) is 22.2. The maximum absolute atomic E-state index is 12.5. The van der Waals surface area contributed by atoms with E-state index in [0.717, 1.165) is 12.8 Å². The number of hydrogen-bond donors (Lipinski definition) is 2. The monoisotopic (exact) mass is 370 g/mol. The summed E-state index contributed by atoms with van der Waals surface area (Å²) < 4.78 is 5.09. The molecule has 1 unspecified atom stereocenters. The number of esters is 1. The van der Waals surface area contributed by atoms with Crippen molar-refractivity contribution < 1.29 is 29.0 Å². The fourth-order valence-electron chi connectivity index (χ4n) is 2.76. The summed E-state index contributed by atoms with van der Waals surface area (Å²) in [4.78, 5) is 49.3. The lowest BCUT2D eigenvalue weighted by atomic mass is 9.87. The Bertz CT molecular complexity index is 520. The predicted octanol–water partition coefficient (Wildman–Crippen LogP) is 0.0654. The summed E-state index contributed by atoms with van der Waals surface area (Å²) in [6.07, 6.45) is 2.28. The number of aldehydes is 1. The molecule has 148 valence electrons. The van der Waals surface area contributed by atoms with Gasteiger partial charge in [0.2, 0.25) is 5.78 Å². The van der Waals surface area contributed by atoms with Crippen LogP contribution in [0.5, 0.6) is 0 Å². The van der Waals surface area contributed by atoms with E-state index in [1.54, 1.807) is 7.05 Å². The molecule has 1 saturated heterocycles. The second kappa shape index (κ2) is 10.4. The van der Waals surface area contributed by atoms with Crippen LogP contribution in [0.25, 0.3) is 0 Å². The number of ketones is 1. The minimum Gasteiger partial charge on any atom is -0.465 e. The minimum absolute atomic E-state index is 0.167. The normalized spacial score (nSPS) is 18.9. The van der Waals surface area contributed by atoms with E-state index < -0.39 is 35.2 Å². The molecule has 0 aromatic carbocycles. The van der Waals surface area contributed by atoms with E-state index in [-0.39, 0.29) is 13.0 Å². The second-order valence-electron chi connectivity index (χ2n) is 7.32. The van der Waals surface area contributed by atoms with Crippen molar-refractivity contribution in [3.05, 3.63) is 0 Å². The Kier molecular flexibility index (Phi) is 8.87. The number of rotatable bonds is 10. The lowest BCUT2D eigenvalue weighted by molar-refractivity contribution is -0.158. The third-order valence-corrected chi connectivity index (χ3v) is 4.50. The Morgan fingerprint density at radius 3 is 2.65 bits per heavy atom. The predicted molar refractivity (Wildman–Crippen MR) is 94.3 cm³/mol. The molecular formula is C18H30N2O6. The zero-order valence-corrected chi connectivity index (χ0v) is 15.8. The molecule has 1 aliphatic rings. The van der Waals surface area contributed by atoms with Crippen molar-refractivity contribution in [3.63, 3.8) is 0 Å². The largest absolute Gasteiger partial charge is 0.465 e. The molecule has 0 aromatic heterocycles. The van der Waals surface area contributed by atoms with Crippen molar-refractivity contribution in [2.24, 2.45) is 5.41 Å². The molecule has 1 rings (SSSR count). The van der Waals surface area contributed by atoms with E-state index in [9.17, 15) is 24.3 Å². The quantitative estimate of drug-likeness (QED) is 0.318. The van der Waals surface area contributed by atoms with Crippen molar-refractivity contribution in [1.29, 1.82) is 0 Å². The third kappa shape index (κ3) is 6.49. The average Bonchev–Trinajstić information content (AvgIpc) is 2.63. The molecule has 0 bridgehead atoms. The molecule has 0 saturated carbocycles. The first-order valence-electron chi connectivity index (χ1n) is 9.02.